The van der Waals surface area contributed by atoms with Crippen LogP contribution >= 0.6 is 0 Å². The zero-order valence-electron chi connectivity index (χ0n) is 11.0. The molecule has 2 fully saturated rings. The molecule has 0 aromatic carbocycles. The summed E-state index contributed by atoms with van der Waals surface area (Å²) >= 11 is 0. The van der Waals surface area contributed by atoms with Crippen LogP contribution in [0.15, 0.2) is 0 Å². The van der Waals surface area contributed by atoms with E-state index in [4.69, 9.17) is 0 Å². The lowest BCUT2D eigenvalue weighted by molar-refractivity contribution is -0.120. The van der Waals surface area contributed by atoms with Crippen LogP contribution in [0.2, 0.25) is 0 Å². The Labute approximate surface area is 99.2 Å². The summed E-state index contributed by atoms with van der Waals surface area (Å²) in [5.41, 5.74) is 0.330. The highest BCUT2D eigenvalue weighted by Crippen LogP contribution is 2.56. The van der Waals surface area contributed by atoms with Gasteiger partial charge in [0.2, 0.25) is 5.91 Å². The highest BCUT2D eigenvalue weighted by atomic mass is 16.2. The van der Waals surface area contributed by atoms with Gasteiger partial charge in [-0.3, -0.25) is 4.79 Å². The topological polar surface area (TPSA) is 29.1 Å². The average molecular weight is 223 g/mol. The third-order valence-electron chi connectivity index (χ3n) is 4.57. The number of carbonyl (C=O) groups excluding carboxylic acids is 1. The summed E-state index contributed by atoms with van der Waals surface area (Å²) in [6.45, 7) is 9.10. The number of amides is 1. The fourth-order valence-electron chi connectivity index (χ4n) is 3.51. The van der Waals surface area contributed by atoms with Crippen LogP contribution in [-0.2, 0) is 4.79 Å². The molecule has 1 saturated carbocycles. The van der Waals surface area contributed by atoms with Crippen molar-refractivity contribution in [1.29, 1.82) is 0 Å². The van der Waals surface area contributed by atoms with Gasteiger partial charge in [0.1, 0.15) is 0 Å². The molecule has 0 aromatic heterocycles. The van der Waals surface area contributed by atoms with Crippen molar-refractivity contribution in [3.05, 3.63) is 0 Å². The maximum atomic E-state index is 11.6. The zero-order valence-corrected chi connectivity index (χ0v) is 11.0. The molecule has 0 bridgehead atoms. The molecule has 1 atom stereocenters. The normalized spacial score (nSPS) is 38.2. The van der Waals surface area contributed by atoms with E-state index in [9.17, 15) is 4.79 Å². The summed E-state index contributed by atoms with van der Waals surface area (Å²) in [6, 6.07) is 0.454. The SMILES string of the molecule is CC(C)CC1NC(=O)CC12CC(C(C)C)C2. The zero-order chi connectivity index (χ0) is 11.9. The molecule has 0 aromatic rings. The van der Waals surface area contributed by atoms with E-state index in [-0.39, 0.29) is 5.91 Å². The maximum Gasteiger partial charge on any atom is 0.220 e. The molecule has 2 rings (SSSR count). The monoisotopic (exact) mass is 223 g/mol. The van der Waals surface area contributed by atoms with Crippen LogP contribution in [0.25, 0.3) is 0 Å². The smallest absolute Gasteiger partial charge is 0.220 e. The molecule has 1 heterocycles. The minimum absolute atomic E-state index is 0.285. The van der Waals surface area contributed by atoms with Crippen LogP contribution in [0.5, 0.6) is 0 Å². The number of rotatable bonds is 3. The first kappa shape index (κ1) is 11.9. The van der Waals surface area contributed by atoms with Gasteiger partial charge in [0.15, 0.2) is 0 Å². The molecule has 1 N–H and O–H groups in total. The van der Waals surface area contributed by atoms with Crippen molar-refractivity contribution in [2.24, 2.45) is 23.2 Å². The lowest BCUT2D eigenvalue weighted by Gasteiger charge is -2.50. The lowest BCUT2D eigenvalue weighted by atomic mass is 9.54. The van der Waals surface area contributed by atoms with E-state index in [1.807, 2.05) is 0 Å². The summed E-state index contributed by atoms with van der Waals surface area (Å²) in [6.07, 6.45) is 4.46. The molecule has 2 nitrogen and oxygen atoms in total. The van der Waals surface area contributed by atoms with Crippen LogP contribution < -0.4 is 5.32 Å². The Kier molecular flexibility index (Phi) is 3.02. The summed E-state index contributed by atoms with van der Waals surface area (Å²) in [7, 11) is 0. The minimum atomic E-state index is 0.285. The van der Waals surface area contributed by atoms with Crippen LogP contribution in [0.4, 0.5) is 0 Å². The molecular weight excluding hydrogens is 198 g/mol. The molecular formula is C14H25NO. The summed E-state index contributed by atoms with van der Waals surface area (Å²) in [4.78, 5) is 11.6. The van der Waals surface area contributed by atoms with Gasteiger partial charge in [0, 0.05) is 12.5 Å². The molecule has 1 aliphatic carbocycles. The van der Waals surface area contributed by atoms with Crippen molar-refractivity contribution in [3.8, 4) is 0 Å². The average Bonchev–Trinajstić information content (AvgIpc) is 2.38. The van der Waals surface area contributed by atoms with Crippen molar-refractivity contribution in [2.45, 2.75) is 59.4 Å². The fraction of sp³-hybridized carbons (Fsp3) is 0.929. The quantitative estimate of drug-likeness (QED) is 0.783. The van der Waals surface area contributed by atoms with Gasteiger partial charge in [0.05, 0.1) is 0 Å². The first-order valence-electron chi connectivity index (χ1n) is 6.72. The largest absolute Gasteiger partial charge is 0.353 e. The van der Waals surface area contributed by atoms with Gasteiger partial charge in [-0.15, -0.1) is 0 Å². The molecule has 16 heavy (non-hydrogen) atoms. The van der Waals surface area contributed by atoms with Crippen molar-refractivity contribution in [2.75, 3.05) is 0 Å². The van der Waals surface area contributed by atoms with Gasteiger partial charge >= 0.3 is 0 Å². The summed E-state index contributed by atoms with van der Waals surface area (Å²) < 4.78 is 0. The van der Waals surface area contributed by atoms with E-state index in [1.165, 1.54) is 12.8 Å². The third-order valence-corrected chi connectivity index (χ3v) is 4.57. The first-order valence-corrected chi connectivity index (χ1v) is 6.72. The Hall–Kier alpha value is -0.530. The van der Waals surface area contributed by atoms with Gasteiger partial charge in [-0.1, -0.05) is 27.7 Å². The molecule has 1 saturated heterocycles. The van der Waals surface area contributed by atoms with Gasteiger partial charge in [-0.05, 0) is 42.4 Å². The number of carbonyl (C=O) groups is 1. The Morgan fingerprint density at radius 3 is 2.44 bits per heavy atom. The Morgan fingerprint density at radius 1 is 1.31 bits per heavy atom. The molecule has 1 spiro atoms. The molecule has 1 aliphatic heterocycles. The van der Waals surface area contributed by atoms with Gasteiger partial charge < -0.3 is 5.32 Å². The van der Waals surface area contributed by atoms with E-state index < -0.39 is 0 Å². The molecule has 2 heteroatoms. The second kappa shape index (κ2) is 4.05. The van der Waals surface area contributed by atoms with Crippen molar-refractivity contribution < 1.29 is 4.79 Å². The maximum absolute atomic E-state index is 11.6. The third kappa shape index (κ3) is 1.99. The van der Waals surface area contributed by atoms with E-state index in [0.29, 0.717) is 17.4 Å². The predicted octanol–water partition coefficient (Wildman–Crippen LogP) is 2.97. The summed E-state index contributed by atoms with van der Waals surface area (Å²) in [5, 5.41) is 3.20. The molecule has 92 valence electrons. The highest BCUT2D eigenvalue weighted by molar-refractivity contribution is 5.80. The van der Waals surface area contributed by atoms with Crippen molar-refractivity contribution >= 4 is 5.91 Å². The summed E-state index contributed by atoms with van der Waals surface area (Å²) in [5.74, 6) is 2.59. The van der Waals surface area contributed by atoms with Crippen LogP contribution in [0.1, 0.15) is 53.4 Å². The van der Waals surface area contributed by atoms with Crippen LogP contribution in [0.3, 0.4) is 0 Å². The van der Waals surface area contributed by atoms with Crippen molar-refractivity contribution in [3.63, 3.8) is 0 Å². The Morgan fingerprint density at radius 2 is 1.94 bits per heavy atom. The molecule has 2 aliphatic rings. The number of hydrogen-bond acceptors (Lipinski definition) is 1. The van der Waals surface area contributed by atoms with Crippen molar-refractivity contribution in [1.82, 2.24) is 5.32 Å². The van der Waals surface area contributed by atoms with E-state index >= 15 is 0 Å². The fourth-order valence-corrected chi connectivity index (χ4v) is 3.51. The van der Waals surface area contributed by atoms with Gasteiger partial charge in [0.25, 0.3) is 0 Å². The minimum Gasteiger partial charge on any atom is -0.353 e. The van der Waals surface area contributed by atoms with E-state index in [0.717, 1.165) is 24.7 Å². The number of hydrogen-bond donors (Lipinski definition) is 1. The Bertz CT molecular complexity index is 276. The second-order valence-electron chi connectivity index (χ2n) is 6.70. The van der Waals surface area contributed by atoms with Gasteiger partial charge in [-0.25, -0.2) is 0 Å². The molecule has 0 radical (unpaired) electrons. The Balaban J connectivity index is 2.00. The standard InChI is InChI=1S/C14H25NO/c1-9(2)5-12-14(8-13(16)15-12)6-11(7-14)10(3)4/h9-12H,5-8H2,1-4H3,(H,15,16). The second-order valence-corrected chi connectivity index (χ2v) is 6.70. The highest BCUT2D eigenvalue weighted by Gasteiger charge is 2.55. The lowest BCUT2D eigenvalue weighted by Crippen LogP contribution is -2.48. The first-order chi connectivity index (χ1) is 7.43. The van der Waals surface area contributed by atoms with E-state index in [1.54, 1.807) is 0 Å². The van der Waals surface area contributed by atoms with E-state index in [2.05, 4.69) is 33.0 Å². The van der Waals surface area contributed by atoms with Gasteiger partial charge in [-0.2, -0.15) is 0 Å². The van der Waals surface area contributed by atoms with Crippen LogP contribution in [-0.4, -0.2) is 11.9 Å². The molecule has 1 amide bonds. The molecule has 1 unspecified atom stereocenters. The number of nitrogens with one attached hydrogen (secondary N) is 1. The van der Waals surface area contributed by atoms with Crippen LogP contribution in [0, 0.1) is 23.2 Å². The predicted molar refractivity (Wildman–Crippen MR) is 66.0 cm³/mol.